The van der Waals surface area contributed by atoms with E-state index in [9.17, 15) is 14.0 Å². The number of amides is 2. The van der Waals surface area contributed by atoms with E-state index in [0.29, 0.717) is 0 Å². The molecule has 2 N–H and O–H groups in total. The van der Waals surface area contributed by atoms with Gasteiger partial charge < -0.3 is 10.6 Å². The first kappa shape index (κ1) is 14.7. The molecule has 2 heterocycles. The SMILES string of the molecule is CNC(=O)c1ccc(F)c(NC(=O)c2cc3ccccn3n2)c1. The second-order valence-corrected chi connectivity index (χ2v) is 4.83. The molecule has 0 radical (unpaired) electrons. The van der Waals surface area contributed by atoms with Crippen LogP contribution in [0.15, 0.2) is 48.7 Å². The quantitative estimate of drug-likeness (QED) is 0.777. The summed E-state index contributed by atoms with van der Waals surface area (Å²) in [4.78, 5) is 23.8. The number of anilines is 1. The number of fused-ring (bicyclic) bond motifs is 1. The molecule has 23 heavy (non-hydrogen) atoms. The van der Waals surface area contributed by atoms with Gasteiger partial charge in [-0.25, -0.2) is 8.91 Å². The van der Waals surface area contributed by atoms with E-state index in [2.05, 4.69) is 15.7 Å². The van der Waals surface area contributed by atoms with Crippen molar-refractivity contribution in [2.45, 2.75) is 0 Å². The molecule has 3 rings (SSSR count). The highest BCUT2D eigenvalue weighted by molar-refractivity contribution is 6.04. The highest BCUT2D eigenvalue weighted by atomic mass is 19.1. The number of hydrogen-bond acceptors (Lipinski definition) is 3. The summed E-state index contributed by atoms with van der Waals surface area (Å²) in [5.41, 5.74) is 1.07. The van der Waals surface area contributed by atoms with Crippen LogP contribution in [0.2, 0.25) is 0 Å². The molecule has 0 bridgehead atoms. The number of aromatic nitrogens is 2. The Morgan fingerprint density at radius 1 is 1.13 bits per heavy atom. The van der Waals surface area contributed by atoms with Gasteiger partial charge >= 0.3 is 0 Å². The zero-order chi connectivity index (χ0) is 16.4. The minimum atomic E-state index is -0.630. The van der Waals surface area contributed by atoms with Crippen LogP contribution in [-0.2, 0) is 0 Å². The van der Waals surface area contributed by atoms with Gasteiger partial charge in [-0.05, 0) is 36.4 Å². The summed E-state index contributed by atoms with van der Waals surface area (Å²) >= 11 is 0. The first-order chi connectivity index (χ1) is 11.1. The Balaban J connectivity index is 1.88. The predicted octanol–water partition coefficient (Wildman–Crippen LogP) is 2.09. The van der Waals surface area contributed by atoms with Crippen LogP contribution < -0.4 is 10.6 Å². The van der Waals surface area contributed by atoms with Gasteiger partial charge in [-0.2, -0.15) is 5.10 Å². The van der Waals surface area contributed by atoms with E-state index in [1.54, 1.807) is 28.9 Å². The molecule has 0 atom stereocenters. The lowest BCUT2D eigenvalue weighted by Crippen LogP contribution is -2.19. The number of nitrogens with one attached hydrogen (secondary N) is 2. The molecule has 0 fully saturated rings. The number of hydrogen-bond donors (Lipinski definition) is 2. The van der Waals surface area contributed by atoms with Gasteiger partial charge in [0.1, 0.15) is 5.82 Å². The van der Waals surface area contributed by atoms with Gasteiger partial charge in [-0.1, -0.05) is 6.07 Å². The van der Waals surface area contributed by atoms with Crippen molar-refractivity contribution in [1.82, 2.24) is 14.9 Å². The number of carbonyl (C=O) groups is 2. The predicted molar refractivity (Wildman–Crippen MR) is 82.9 cm³/mol. The highest BCUT2D eigenvalue weighted by Crippen LogP contribution is 2.17. The summed E-state index contributed by atoms with van der Waals surface area (Å²) in [5.74, 6) is -1.55. The number of pyridine rings is 1. The first-order valence-corrected chi connectivity index (χ1v) is 6.86. The minimum Gasteiger partial charge on any atom is -0.355 e. The summed E-state index contributed by atoms with van der Waals surface area (Å²) < 4.78 is 15.4. The third-order valence-electron chi connectivity index (χ3n) is 3.31. The van der Waals surface area contributed by atoms with Crippen molar-refractivity contribution in [3.8, 4) is 0 Å². The van der Waals surface area contributed by atoms with Crippen molar-refractivity contribution in [2.75, 3.05) is 12.4 Å². The van der Waals surface area contributed by atoms with Crippen molar-refractivity contribution >= 4 is 23.0 Å². The molecule has 1 aromatic carbocycles. The van der Waals surface area contributed by atoms with E-state index >= 15 is 0 Å². The molecule has 3 aromatic rings. The average Bonchev–Trinajstić information content (AvgIpc) is 3.00. The lowest BCUT2D eigenvalue weighted by Gasteiger charge is -2.07. The summed E-state index contributed by atoms with van der Waals surface area (Å²) in [6.07, 6.45) is 1.71. The van der Waals surface area contributed by atoms with E-state index in [1.165, 1.54) is 19.2 Å². The van der Waals surface area contributed by atoms with Crippen molar-refractivity contribution in [1.29, 1.82) is 0 Å². The average molecular weight is 312 g/mol. The minimum absolute atomic E-state index is 0.0758. The van der Waals surface area contributed by atoms with Crippen LogP contribution in [0.1, 0.15) is 20.8 Å². The van der Waals surface area contributed by atoms with Gasteiger partial charge in [0.05, 0.1) is 11.2 Å². The van der Waals surface area contributed by atoms with Gasteiger partial charge in [-0.15, -0.1) is 0 Å². The zero-order valence-electron chi connectivity index (χ0n) is 12.2. The van der Waals surface area contributed by atoms with Gasteiger partial charge in [-0.3, -0.25) is 9.59 Å². The van der Waals surface area contributed by atoms with Crippen molar-refractivity contribution in [2.24, 2.45) is 0 Å². The third-order valence-corrected chi connectivity index (χ3v) is 3.31. The van der Waals surface area contributed by atoms with Gasteiger partial charge in [0, 0.05) is 18.8 Å². The smallest absolute Gasteiger partial charge is 0.276 e. The van der Waals surface area contributed by atoms with E-state index < -0.39 is 11.7 Å². The number of benzene rings is 1. The molecule has 0 aliphatic heterocycles. The fourth-order valence-corrected chi connectivity index (χ4v) is 2.14. The molecule has 0 saturated carbocycles. The van der Waals surface area contributed by atoms with E-state index in [4.69, 9.17) is 0 Å². The van der Waals surface area contributed by atoms with Crippen molar-refractivity contribution in [3.05, 3.63) is 65.7 Å². The zero-order valence-corrected chi connectivity index (χ0v) is 12.2. The summed E-state index contributed by atoms with van der Waals surface area (Å²) in [6, 6.07) is 10.8. The van der Waals surface area contributed by atoms with E-state index in [-0.39, 0.29) is 22.9 Å². The molecule has 0 unspecified atom stereocenters. The lowest BCUT2D eigenvalue weighted by molar-refractivity contribution is 0.0961. The molecule has 116 valence electrons. The van der Waals surface area contributed by atoms with Gasteiger partial charge in [0.25, 0.3) is 11.8 Å². The fourth-order valence-electron chi connectivity index (χ4n) is 2.14. The van der Waals surface area contributed by atoms with Gasteiger partial charge in [0.15, 0.2) is 5.69 Å². The first-order valence-electron chi connectivity index (χ1n) is 6.86. The Morgan fingerprint density at radius 2 is 1.96 bits per heavy atom. The summed E-state index contributed by atoms with van der Waals surface area (Å²) in [7, 11) is 1.47. The monoisotopic (exact) mass is 312 g/mol. The Hall–Kier alpha value is -3.22. The summed E-state index contributed by atoms with van der Waals surface area (Å²) in [6.45, 7) is 0. The number of halogens is 1. The van der Waals surface area contributed by atoms with Crippen molar-refractivity contribution < 1.29 is 14.0 Å². The topological polar surface area (TPSA) is 75.5 Å². The van der Waals surface area contributed by atoms with Gasteiger partial charge in [0.2, 0.25) is 0 Å². The number of nitrogens with zero attached hydrogens (tertiary/aromatic N) is 2. The molecule has 0 saturated heterocycles. The second kappa shape index (κ2) is 5.88. The van der Waals surface area contributed by atoms with Crippen LogP contribution in [-0.4, -0.2) is 28.5 Å². The van der Waals surface area contributed by atoms with Crippen LogP contribution in [0.25, 0.3) is 5.52 Å². The second-order valence-electron chi connectivity index (χ2n) is 4.83. The fraction of sp³-hybridized carbons (Fsp3) is 0.0625. The third kappa shape index (κ3) is 2.89. The normalized spacial score (nSPS) is 10.5. The van der Waals surface area contributed by atoms with E-state index in [0.717, 1.165) is 11.6 Å². The Labute approximate surface area is 130 Å². The molecule has 2 amide bonds. The highest BCUT2D eigenvalue weighted by Gasteiger charge is 2.15. The van der Waals surface area contributed by atoms with E-state index in [1.807, 2.05) is 6.07 Å². The maximum Gasteiger partial charge on any atom is 0.276 e. The van der Waals surface area contributed by atoms with Crippen LogP contribution in [0.5, 0.6) is 0 Å². The number of carbonyl (C=O) groups excluding carboxylic acids is 2. The Morgan fingerprint density at radius 3 is 2.70 bits per heavy atom. The largest absolute Gasteiger partial charge is 0.355 e. The number of rotatable bonds is 3. The Bertz CT molecular complexity index is 871. The van der Waals surface area contributed by atoms with Crippen LogP contribution in [0.3, 0.4) is 0 Å². The van der Waals surface area contributed by atoms with Crippen LogP contribution in [0, 0.1) is 5.82 Å². The molecular weight excluding hydrogens is 299 g/mol. The molecule has 0 spiro atoms. The molecule has 6 nitrogen and oxygen atoms in total. The van der Waals surface area contributed by atoms with Crippen molar-refractivity contribution in [3.63, 3.8) is 0 Å². The molecule has 0 aliphatic rings. The lowest BCUT2D eigenvalue weighted by atomic mass is 10.1. The van der Waals surface area contributed by atoms with Crippen LogP contribution >= 0.6 is 0 Å². The molecule has 7 heteroatoms. The Kier molecular flexibility index (Phi) is 3.76. The molecule has 0 aliphatic carbocycles. The summed E-state index contributed by atoms with van der Waals surface area (Å²) in [5, 5.41) is 8.99. The maximum atomic E-state index is 13.8. The molecule has 2 aromatic heterocycles. The standard InChI is InChI=1S/C16H13FN4O2/c1-18-15(22)10-5-6-12(17)13(8-10)19-16(23)14-9-11-4-2-3-7-21(11)20-14/h2-9H,1H3,(H,18,22)(H,19,23). The molecular formula is C16H13FN4O2. The maximum absolute atomic E-state index is 13.8. The van der Waals surface area contributed by atoms with Crippen LogP contribution in [0.4, 0.5) is 10.1 Å².